The molecular formula is C22H20N4O3. The summed E-state index contributed by atoms with van der Waals surface area (Å²) in [6, 6.07) is 15.2. The average Bonchev–Trinajstić information content (AvgIpc) is 3.16. The fourth-order valence-corrected chi connectivity index (χ4v) is 3.12. The van der Waals surface area contributed by atoms with E-state index in [-0.39, 0.29) is 30.0 Å². The van der Waals surface area contributed by atoms with E-state index in [1.165, 1.54) is 10.9 Å². The van der Waals surface area contributed by atoms with Crippen LogP contribution in [0.3, 0.4) is 0 Å². The summed E-state index contributed by atoms with van der Waals surface area (Å²) in [4.78, 5) is 29.4. The Labute approximate surface area is 167 Å². The zero-order valence-electron chi connectivity index (χ0n) is 16.2. The molecule has 4 rings (SSSR count). The quantitative estimate of drug-likeness (QED) is 0.563. The zero-order valence-corrected chi connectivity index (χ0v) is 16.2. The Bertz CT molecular complexity index is 1240. The van der Waals surface area contributed by atoms with E-state index in [9.17, 15) is 9.59 Å². The molecule has 1 N–H and O–H groups in total. The normalized spacial score (nSPS) is 11.0. The molecule has 0 aliphatic carbocycles. The Morgan fingerprint density at radius 2 is 1.90 bits per heavy atom. The van der Waals surface area contributed by atoms with E-state index in [2.05, 4.69) is 15.5 Å². The summed E-state index contributed by atoms with van der Waals surface area (Å²) < 4.78 is 6.63. The van der Waals surface area contributed by atoms with E-state index in [0.717, 1.165) is 22.4 Å². The third-order valence-electron chi connectivity index (χ3n) is 4.95. The molecule has 2 aromatic heterocycles. The van der Waals surface area contributed by atoms with Crippen LogP contribution in [-0.4, -0.2) is 20.6 Å². The van der Waals surface area contributed by atoms with Crippen LogP contribution < -0.4 is 10.9 Å². The number of hydrogen-bond donors (Lipinski definition) is 1. The van der Waals surface area contributed by atoms with E-state index < -0.39 is 0 Å². The minimum atomic E-state index is -0.357. The second kappa shape index (κ2) is 7.71. The lowest BCUT2D eigenvalue weighted by molar-refractivity contribution is -0.116. The summed E-state index contributed by atoms with van der Waals surface area (Å²) in [5.74, 6) is -0.173. The van der Waals surface area contributed by atoms with Crippen LogP contribution in [0.15, 0.2) is 64.2 Å². The second-order valence-corrected chi connectivity index (χ2v) is 6.86. The van der Waals surface area contributed by atoms with Gasteiger partial charge in [0.2, 0.25) is 5.91 Å². The van der Waals surface area contributed by atoms with Crippen molar-refractivity contribution >= 4 is 22.7 Å². The number of carbonyl (C=O) groups excluding carboxylic acids is 1. The Morgan fingerprint density at radius 3 is 2.69 bits per heavy atom. The molecule has 0 saturated carbocycles. The molecule has 0 radical (unpaired) electrons. The van der Waals surface area contributed by atoms with Crippen molar-refractivity contribution in [3.05, 3.63) is 76.3 Å². The summed E-state index contributed by atoms with van der Waals surface area (Å²) in [6.45, 7) is 4.15. The molecule has 0 aliphatic rings. The van der Waals surface area contributed by atoms with Gasteiger partial charge < -0.3 is 9.84 Å². The van der Waals surface area contributed by atoms with Crippen LogP contribution in [0, 0.1) is 13.8 Å². The van der Waals surface area contributed by atoms with Crippen molar-refractivity contribution in [1.29, 1.82) is 0 Å². The summed E-state index contributed by atoms with van der Waals surface area (Å²) in [7, 11) is 0. The molecular weight excluding hydrogens is 368 g/mol. The van der Waals surface area contributed by atoms with Gasteiger partial charge in [-0.05, 0) is 31.0 Å². The molecule has 7 heteroatoms. The minimum Gasteiger partial charge on any atom is -0.348 e. The van der Waals surface area contributed by atoms with Gasteiger partial charge >= 0.3 is 0 Å². The Morgan fingerprint density at radius 1 is 1.10 bits per heavy atom. The van der Waals surface area contributed by atoms with E-state index in [4.69, 9.17) is 4.52 Å². The third-order valence-corrected chi connectivity index (χ3v) is 4.95. The highest BCUT2D eigenvalue weighted by molar-refractivity contribution is 5.91. The van der Waals surface area contributed by atoms with Crippen molar-refractivity contribution in [3.63, 3.8) is 0 Å². The topological polar surface area (TPSA) is 90.0 Å². The third kappa shape index (κ3) is 3.67. The monoisotopic (exact) mass is 388 g/mol. The maximum absolute atomic E-state index is 12.7. The van der Waals surface area contributed by atoms with Crippen LogP contribution in [0.4, 0.5) is 5.69 Å². The smallest absolute Gasteiger partial charge is 0.299 e. The molecule has 146 valence electrons. The van der Waals surface area contributed by atoms with Gasteiger partial charge in [0.1, 0.15) is 11.2 Å². The Balaban J connectivity index is 1.52. The van der Waals surface area contributed by atoms with Gasteiger partial charge in [0, 0.05) is 24.2 Å². The summed E-state index contributed by atoms with van der Waals surface area (Å²) in [5, 5.41) is 6.90. The van der Waals surface area contributed by atoms with Crippen LogP contribution in [0.1, 0.15) is 17.5 Å². The molecule has 2 heterocycles. The number of amides is 1. The maximum Gasteiger partial charge on any atom is 0.299 e. The van der Waals surface area contributed by atoms with Crippen LogP contribution in [0.2, 0.25) is 0 Å². The van der Waals surface area contributed by atoms with E-state index in [0.29, 0.717) is 11.2 Å². The van der Waals surface area contributed by atoms with Gasteiger partial charge in [-0.2, -0.15) is 0 Å². The van der Waals surface area contributed by atoms with Gasteiger partial charge in [-0.15, -0.1) is 0 Å². The van der Waals surface area contributed by atoms with Crippen LogP contribution >= 0.6 is 0 Å². The highest BCUT2D eigenvalue weighted by Crippen LogP contribution is 2.24. The van der Waals surface area contributed by atoms with E-state index in [1.54, 1.807) is 0 Å². The first-order valence-corrected chi connectivity index (χ1v) is 9.31. The molecule has 1 amide bonds. The first-order chi connectivity index (χ1) is 14.0. The highest BCUT2D eigenvalue weighted by atomic mass is 16.5. The molecule has 0 fully saturated rings. The fraction of sp³-hybridized carbons (Fsp3) is 0.182. The number of aromatic nitrogens is 3. The minimum absolute atomic E-state index is 0.0845. The predicted octanol–water partition coefficient (Wildman–Crippen LogP) is 3.70. The maximum atomic E-state index is 12.7. The SMILES string of the molecule is Cc1cccc(NC(=O)CCn2cnc3c(-c4ccccc4)noc3c2=O)c1C. The first kappa shape index (κ1) is 18.6. The van der Waals surface area contributed by atoms with Crippen molar-refractivity contribution in [2.75, 3.05) is 5.32 Å². The molecule has 0 saturated heterocycles. The van der Waals surface area contributed by atoms with Crippen molar-refractivity contribution < 1.29 is 9.32 Å². The lowest BCUT2D eigenvalue weighted by atomic mass is 10.1. The van der Waals surface area contributed by atoms with Gasteiger partial charge in [-0.3, -0.25) is 14.2 Å². The Kier molecular flexibility index (Phi) is 4.95. The molecule has 0 spiro atoms. The van der Waals surface area contributed by atoms with Gasteiger partial charge in [-0.1, -0.05) is 47.6 Å². The molecule has 29 heavy (non-hydrogen) atoms. The zero-order chi connectivity index (χ0) is 20.4. The molecule has 4 aromatic rings. The van der Waals surface area contributed by atoms with Gasteiger partial charge in [0.15, 0.2) is 0 Å². The van der Waals surface area contributed by atoms with Crippen molar-refractivity contribution in [2.24, 2.45) is 0 Å². The lowest BCUT2D eigenvalue weighted by Gasteiger charge is -2.10. The van der Waals surface area contributed by atoms with Crippen molar-refractivity contribution in [3.8, 4) is 11.3 Å². The number of anilines is 1. The Hall–Kier alpha value is -3.74. The fourth-order valence-electron chi connectivity index (χ4n) is 3.12. The molecule has 2 aromatic carbocycles. The molecule has 0 bridgehead atoms. The molecule has 0 aliphatic heterocycles. The largest absolute Gasteiger partial charge is 0.348 e. The number of nitrogens with one attached hydrogen (secondary N) is 1. The van der Waals surface area contributed by atoms with E-state index in [1.807, 2.05) is 62.4 Å². The number of benzene rings is 2. The number of carbonyl (C=O) groups is 1. The van der Waals surface area contributed by atoms with Gasteiger partial charge in [0.25, 0.3) is 11.1 Å². The second-order valence-electron chi connectivity index (χ2n) is 6.86. The number of fused-ring (bicyclic) bond motifs is 1. The molecule has 0 atom stereocenters. The van der Waals surface area contributed by atoms with E-state index >= 15 is 0 Å². The summed E-state index contributed by atoms with van der Waals surface area (Å²) in [6.07, 6.45) is 1.57. The standard InChI is InChI=1S/C22H20N4O3/c1-14-7-6-10-17(15(14)2)24-18(27)11-12-26-13-23-20-19(16-8-4-3-5-9-16)25-29-21(20)22(26)28/h3-10,13H,11-12H2,1-2H3,(H,24,27). The number of rotatable bonds is 5. The van der Waals surface area contributed by atoms with Crippen molar-refractivity contribution in [2.45, 2.75) is 26.8 Å². The molecule has 0 unspecified atom stereocenters. The van der Waals surface area contributed by atoms with Gasteiger partial charge in [-0.25, -0.2) is 4.98 Å². The number of aryl methyl sites for hydroxylation is 2. The van der Waals surface area contributed by atoms with Crippen molar-refractivity contribution in [1.82, 2.24) is 14.7 Å². The van der Waals surface area contributed by atoms with Crippen LogP contribution in [0.5, 0.6) is 0 Å². The van der Waals surface area contributed by atoms with Crippen LogP contribution in [-0.2, 0) is 11.3 Å². The first-order valence-electron chi connectivity index (χ1n) is 9.31. The van der Waals surface area contributed by atoms with Gasteiger partial charge in [0.05, 0.1) is 6.33 Å². The van der Waals surface area contributed by atoms with Crippen LogP contribution in [0.25, 0.3) is 22.4 Å². The number of hydrogen-bond acceptors (Lipinski definition) is 5. The number of nitrogens with zero attached hydrogens (tertiary/aromatic N) is 3. The average molecular weight is 388 g/mol. The predicted molar refractivity (Wildman–Crippen MR) is 111 cm³/mol. The highest BCUT2D eigenvalue weighted by Gasteiger charge is 2.16. The molecule has 7 nitrogen and oxygen atoms in total. The summed E-state index contributed by atoms with van der Waals surface area (Å²) >= 11 is 0. The summed E-state index contributed by atoms with van der Waals surface area (Å²) in [5.41, 5.74) is 4.40. The lowest BCUT2D eigenvalue weighted by Crippen LogP contribution is -2.23.